The number of aromatic nitrogens is 1. The molecule has 21 heavy (non-hydrogen) atoms. The van der Waals surface area contributed by atoms with Crippen LogP contribution in [0.5, 0.6) is 5.75 Å². The minimum Gasteiger partial charge on any atom is -0.492 e. The summed E-state index contributed by atoms with van der Waals surface area (Å²) in [5, 5.41) is 5.42. The van der Waals surface area contributed by atoms with Crippen molar-refractivity contribution in [1.29, 1.82) is 0 Å². The third kappa shape index (κ3) is 2.59. The molecule has 1 aromatic carbocycles. The number of pyridine rings is 1. The van der Waals surface area contributed by atoms with Crippen molar-refractivity contribution in [1.82, 2.24) is 9.99 Å². The van der Waals surface area contributed by atoms with Gasteiger partial charge in [-0.1, -0.05) is 17.7 Å². The first-order valence-corrected chi connectivity index (χ1v) is 6.73. The third-order valence-electron chi connectivity index (χ3n) is 3.23. The van der Waals surface area contributed by atoms with E-state index in [2.05, 4.69) is 15.7 Å². The summed E-state index contributed by atoms with van der Waals surface area (Å²) >= 11 is 6.03. The minimum absolute atomic E-state index is 0.165. The Kier molecular flexibility index (Phi) is 3.57. The Bertz CT molecular complexity index is 695. The summed E-state index contributed by atoms with van der Waals surface area (Å²) in [4.78, 5) is 4.23. The van der Waals surface area contributed by atoms with Gasteiger partial charge in [0.1, 0.15) is 11.0 Å². The molecule has 1 aliphatic rings. The summed E-state index contributed by atoms with van der Waals surface area (Å²) in [5.74, 6) is 0.441. The molecule has 7 heteroatoms. The zero-order valence-electron chi connectivity index (χ0n) is 11.6. The molecule has 0 aliphatic carbocycles. The predicted octanol–water partition coefficient (Wildman–Crippen LogP) is 3.40. The van der Waals surface area contributed by atoms with Crippen LogP contribution in [0.4, 0.5) is 21.6 Å². The van der Waals surface area contributed by atoms with E-state index in [9.17, 15) is 4.39 Å². The predicted molar refractivity (Wildman–Crippen MR) is 80.6 cm³/mol. The molecule has 0 amide bonds. The summed E-state index contributed by atoms with van der Waals surface area (Å²) in [6.45, 7) is 0.666. The Hall–Kier alpha value is -2.05. The molecule has 0 saturated carbocycles. The van der Waals surface area contributed by atoms with Gasteiger partial charge in [0.15, 0.2) is 11.6 Å². The van der Waals surface area contributed by atoms with Crippen LogP contribution in [0, 0.1) is 5.82 Å². The van der Waals surface area contributed by atoms with Gasteiger partial charge in [-0.3, -0.25) is 0 Å². The number of ether oxygens (including phenoxy) is 1. The molecule has 5 nitrogen and oxygen atoms in total. The Labute approximate surface area is 126 Å². The highest BCUT2D eigenvalue weighted by Crippen LogP contribution is 2.36. The normalized spacial score (nSPS) is 13.7. The SMILES string of the molecule is COc1c(F)cccc1Nc1cc(Cl)nc2c1CN(C)N2. The average Bonchev–Trinajstić information content (AvgIpc) is 2.79. The monoisotopic (exact) mass is 308 g/mol. The van der Waals surface area contributed by atoms with E-state index in [1.54, 1.807) is 18.2 Å². The highest BCUT2D eigenvalue weighted by atomic mass is 35.5. The van der Waals surface area contributed by atoms with Gasteiger partial charge in [-0.2, -0.15) is 0 Å². The number of halogens is 2. The summed E-state index contributed by atoms with van der Waals surface area (Å²) < 4.78 is 18.9. The van der Waals surface area contributed by atoms with Crippen LogP contribution in [0.15, 0.2) is 24.3 Å². The molecule has 1 aliphatic heterocycles. The second-order valence-electron chi connectivity index (χ2n) is 4.73. The van der Waals surface area contributed by atoms with Gasteiger partial charge in [-0.05, 0) is 18.2 Å². The maximum atomic E-state index is 13.7. The lowest BCUT2D eigenvalue weighted by Crippen LogP contribution is -2.17. The summed E-state index contributed by atoms with van der Waals surface area (Å²) in [5.41, 5.74) is 5.37. The van der Waals surface area contributed by atoms with Gasteiger partial charge in [-0.15, -0.1) is 0 Å². The molecular weight excluding hydrogens is 295 g/mol. The molecule has 0 unspecified atom stereocenters. The number of fused-ring (bicyclic) bond motifs is 1. The molecule has 2 N–H and O–H groups in total. The van der Waals surface area contributed by atoms with E-state index in [1.165, 1.54) is 13.2 Å². The van der Waals surface area contributed by atoms with Crippen LogP contribution in [0.1, 0.15) is 5.56 Å². The van der Waals surface area contributed by atoms with E-state index in [0.29, 0.717) is 23.2 Å². The molecular formula is C14H14ClFN4O. The number of hydrazine groups is 1. The number of nitrogens with zero attached hydrogens (tertiary/aromatic N) is 2. The number of hydrogen-bond acceptors (Lipinski definition) is 5. The van der Waals surface area contributed by atoms with Crippen molar-refractivity contribution in [3.8, 4) is 5.75 Å². The van der Waals surface area contributed by atoms with Gasteiger partial charge < -0.3 is 15.5 Å². The van der Waals surface area contributed by atoms with Crippen molar-refractivity contribution in [2.75, 3.05) is 24.9 Å². The van der Waals surface area contributed by atoms with Gasteiger partial charge in [0.2, 0.25) is 0 Å². The molecule has 1 aromatic heterocycles. The van der Waals surface area contributed by atoms with Gasteiger partial charge in [0.05, 0.1) is 12.8 Å². The van der Waals surface area contributed by atoms with Crippen LogP contribution in [0.3, 0.4) is 0 Å². The molecule has 2 heterocycles. The quantitative estimate of drug-likeness (QED) is 0.851. The van der Waals surface area contributed by atoms with Gasteiger partial charge in [0, 0.05) is 24.8 Å². The van der Waals surface area contributed by atoms with E-state index >= 15 is 0 Å². The maximum absolute atomic E-state index is 13.7. The molecule has 0 fully saturated rings. The van der Waals surface area contributed by atoms with Crippen LogP contribution >= 0.6 is 11.6 Å². The first-order valence-electron chi connectivity index (χ1n) is 6.35. The number of para-hydroxylation sites is 1. The van der Waals surface area contributed by atoms with Gasteiger partial charge in [-0.25, -0.2) is 14.4 Å². The van der Waals surface area contributed by atoms with E-state index in [1.807, 2.05) is 12.1 Å². The van der Waals surface area contributed by atoms with Crippen molar-refractivity contribution in [3.05, 3.63) is 40.8 Å². The standard InChI is InChI=1S/C14H14ClFN4O/c1-20-7-8-11(6-12(15)18-14(8)19-20)17-10-5-3-4-9(16)13(10)21-2/h3-6H,7H2,1-2H3,(H2,17,18,19). The molecule has 0 saturated heterocycles. The zero-order valence-corrected chi connectivity index (χ0v) is 12.3. The van der Waals surface area contributed by atoms with E-state index in [-0.39, 0.29) is 5.75 Å². The lowest BCUT2D eigenvalue weighted by atomic mass is 10.2. The summed E-state index contributed by atoms with van der Waals surface area (Å²) in [6, 6.07) is 6.43. The van der Waals surface area contributed by atoms with Crippen molar-refractivity contribution < 1.29 is 9.13 Å². The summed E-state index contributed by atoms with van der Waals surface area (Å²) in [6.07, 6.45) is 0. The lowest BCUT2D eigenvalue weighted by molar-refractivity contribution is 0.388. The summed E-state index contributed by atoms with van der Waals surface area (Å²) in [7, 11) is 3.34. The maximum Gasteiger partial charge on any atom is 0.177 e. The molecule has 0 radical (unpaired) electrons. The van der Waals surface area contributed by atoms with Gasteiger partial charge >= 0.3 is 0 Å². The fraction of sp³-hybridized carbons (Fsp3) is 0.214. The number of benzene rings is 1. The van der Waals surface area contributed by atoms with Crippen LogP contribution in [-0.4, -0.2) is 24.2 Å². The molecule has 0 spiro atoms. The van der Waals surface area contributed by atoms with Crippen LogP contribution < -0.4 is 15.5 Å². The smallest absolute Gasteiger partial charge is 0.177 e. The van der Waals surface area contributed by atoms with Crippen molar-refractivity contribution in [3.63, 3.8) is 0 Å². The highest BCUT2D eigenvalue weighted by Gasteiger charge is 2.22. The van der Waals surface area contributed by atoms with E-state index < -0.39 is 5.82 Å². The Morgan fingerprint density at radius 2 is 2.24 bits per heavy atom. The number of nitrogens with one attached hydrogen (secondary N) is 2. The Balaban J connectivity index is 2.02. The molecule has 2 aromatic rings. The first kappa shape index (κ1) is 13.9. The lowest BCUT2D eigenvalue weighted by Gasteiger charge is -2.14. The van der Waals surface area contributed by atoms with Crippen LogP contribution in [0.2, 0.25) is 5.15 Å². The zero-order chi connectivity index (χ0) is 15.0. The first-order chi connectivity index (χ1) is 10.1. The number of anilines is 3. The fourth-order valence-electron chi connectivity index (χ4n) is 2.32. The second kappa shape index (κ2) is 5.38. The largest absolute Gasteiger partial charge is 0.492 e. The number of methoxy groups -OCH3 is 1. The van der Waals surface area contributed by atoms with Crippen LogP contribution in [0.25, 0.3) is 0 Å². The topological polar surface area (TPSA) is 49.4 Å². The average molecular weight is 309 g/mol. The second-order valence-corrected chi connectivity index (χ2v) is 5.12. The van der Waals surface area contributed by atoms with Crippen LogP contribution in [-0.2, 0) is 6.54 Å². The number of rotatable bonds is 3. The Morgan fingerprint density at radius 1 is 1.43 bits per heavy atom. The minimum atomic E-state index is -0.422. The molecule has 0 bridgehead atoms. The highest BCUT2D eigenvalue weighted by molar-refractivity contribution is 6.29. The molecule has 0 atom stereocenters. The van der Waals surface area contributed by atoms with Gasteiger partial charge in [0.25, 0.3) is 0 Å². The van der Waals surface area contributed by atoms with Crippen molar-refractivity contribution in [2.24, 2.45) is 0 Å². The number of hydrogen-bond donors (Lipinski definition) is 2. The van der Waals surface area contributed by atoms with E-state index in [0.717, 1.165) is 11.3 Å². The molecule has 3 rings (SSSR count). The fourth-order valence-corrected chi connectivity index (χ4v) is 2.52. The Morgan fingerprint density at radius 3 is 3.00 bits per heavy atom. The van der Waals surface area contributed by atoms with Crippen molar-refractivity contribution in [2.45, 2.75) is 6.54 Å². The third-order valence-corrected chi connectivity index (χ3v) is 3.42. The molecule has 110 valence electrons. The van der Waals surface area contributed by atoms with E-state index in [4.69, 9.17) is 16.3 Å². The van der Waals surface area contributed by atoms with Crippen molar-refractivity contribution >= 4 is 28.8 Å².